The van der Waals surface area contributed by atoms with Crippen molar-refractivity contribution in [2.75, 3.05) is 32.7 Å². The van der Waals surface area contributed by atoms with E-state index >= 15 is 0 Å². The number of carbonyl (C=O) groups is 2. The Morgan fingerprint density at radius 3 is 2.54 bits per heavy atom. The van der Waals surface area contributed by atoms with Gasteiger partial charge in [0.15, 0.2) is 0 Å². The molecule has 1 unspecified atom stereocenters. The summed E-state index contributed by atoms with van der Waals surface area (Å²) in [5.74, 6) is 0.228. The molecule has 1 saturated heterocycles. The smallest absolute Gasteiger partial charge is 0.234 e. The van der Waals surface area contributed by atoms with Crippen molar-refractivity contribution in [3.63, 3.8) is 0 Å². The minimum absolute atomic E-state index is 0.0178. The number of nitrogens with one attached hydrogen (secondary N) is 1. The van der Waals surface area contributed by atoms with Crippen LogP contribution in [0.1, 0.15) is 38.3 Å². The second-order valence-electron chi connectivity index (χ2n) is 6.20. The molecule has 2 amide bonds. The molecule has 1 N–H and O–H groups in total. The highest BCUT2D eigenvalue weighted by molar-refractivity contribution is 9.10. The summed E-state index contributed by atoms with van der Waals surface area (Å²) in [5, 5.41) is 3.05. The molecular weight excluding hydrogens is 370 g/mol. The third kappa shape index (κ3) is 5.60. The Bertz CT molecular complexity index is 562. The van der Waals surface area contributed by atoms with Crippen molar-refractivity contribution < 1.29 is 9.59 Å². The molecule has 5 nitrogen and oxygen atoms in total. The summed E-state index contributed by atoms with van der Waals surface area (Å²) in [4.78, 5) is 28.1. The fourth-order valence-corrected chi connectivity index (χ4v) is 3.19. The van der Waals surface area contributed by atoms with Gasteiger partial charge < -0.3 is 10.2 Å². The first-order valence-corrected chi connectivity index (χ1v) is 9.34. The fraction of sp³-hybridized carbons (Fsp3) is 0.556. The van der Waals surface area contributed by atoms with E-state index in [1.165, 1.54) is 0 Å². The summed E-state index contributed by atoms with van der Waals surface area (Å²) in [6, 6.07) is 7.96. The zero-order valence-corrected chi connectivity index (χ0v) is 16.0. The first-order chi connectivity index (χ1) is 11.5. The van der Waals surface area contributed by atoms with Gasteiger partial charge in [-0.2, -0.15) is 0 Å². The maximum Gasteiger partial charge on any atom is 0.234 e. The van der Waals surface area contributed by atoms with Crippen LogP contribution in [0.3, 0.4) is 0 Å². The lowest BCUT2D eigenvalue weighted by atomic mass is 10.1. The molecule has 132 valence electrons. The van der Waals surface area contributed by atoms with Crippen molar-refractivity contribution in [3.05, 3.63) is 34.3 Å². The van der Waals surface area contributed by atoms with Gasteiger partial charge in [-0.25, -0.2) is 0 Å². The quantitative estimate of drug-likeness (QED) is 0.833. The molecule has 6 heteroatoms. The van der Waals surface area contributed by atoms with Crippen LogP contribution in [-0.4, -0.2) is 54.3 Å². The molecule has 2 rings (SSSR count). The third-order valence-electron chi connectivity index (χ3n) is 4.36. The zero-order chi connectivity index (χ0) is 17.5. The molecular formula is C18H26BrN3O2. The molecule has 0 aliphatic carbocycles. The molecule has 0 bridgehead atoms. The van der Waals surface area contributed by atoms with Crippen LogP contribution >= 0.6 is 15.9 Å². The lowest BCUT2D eigenvalue weighted by molar-refractivity contribution is -0.130. The number of benzene rings is 1. The van der Waals surface area contributed by atoms with Crippen LogP contribution < -0.4 is 5.32 Å². The Hall–Kier alpha value is -1.40. The number of nitrogens with zero attached hydrogens (tertiary/aromatic N) is 2. The molecule has 1 fully saturated rings. The summed E-state index contributed by atoms with van der Waals surface area (Å²) in [7, 11) is 0. The van der Waals surface area contributed by atoms with E-state index in [-0.39, 0.29) is 17.9 Å². The molecule has 0 radical (unpaired) electrons. The van der Waals surface area contributed by atoms with E-state index in [0.29, 0.717) is 19.5 Å². The predicted molar refractivity (Wildman–Crippen MR) is 98.6 cm³/mol. The standard InChI is InChI=1S/C18H26BrN3O2/c1-3-18(24)22-10-4-9-21(11-12-22)13-17(23)20-14(2)15-5-7-16(19)8-6-15/h5-8,14H,3-4,9-13H2,1-2H3,(H,20,23). The van der Waals surface area contributed by atoms with Crippen LogP contribution in [0.4, 0.5) is 0 Å². The molecule has 1 aliphatic heterocycles. The van der Waals surface area contributed by atoms with E-state index in [2.05, 4.69) is 26.1 Å². The summed E-state index contributed by atoms with van der Waals surface area (Å²) in [6.45, 7) is 7.38. The Morgan fingerprint density at radius 2 is 1.88 bits per heavy atom. The highest BCUT2D eigenvalue weighted by Gasteiger charge is 2.20. The van der Waals surface area contributed by atoms with Gasteiger partial charge in [0.2, 0.25) is 11.8 Å². The Morgan fingerprint density at radius 1 is 1.17 bits per heavy atom. The molecule has 1 heterocycles. The lowest BCUT2D eigenvalue weighted by Crippen LogP contribution is -2.40. The maximum absolute atomic E-state index is 12.3. The van der Waals surface area contributed by atoms with Crippen molar-refractivity contribution >= 4 is 27.7 Å². The fourth-order valence-electron chi connectivity index (χ4n) is 2.93. The summed E-state index contributed by atoms with van der Waals surface area (Å²) in [6.07, 6.45) is 1.46. The predicted octanol–water partition coefficient (Wildman–Crippen LogP) is 2.57. The van der Waals surface area contributed by atoms with Crippen molar-refractivity contribution in [1.29, 1.82) is 0 Å². The summed E-state index contributed by atoms with van der Waals surface area (Å²) < 4.78 is 1.03. The molecule has 1 aliphatic rings. The van der Waals surface area contributed by atoms with E-state index in [1.54, 1.807) is 0 Å². The van der Waals surface area contributed by atoms with Crippen LogP contribution in [0.5, 0.6) is 0 Å². The molecule has 1 aromatic rings. The van der Waals surface area contributed by atoms with E-state index in [4.69, 9.17) is 0 Å². The minimum atomic E-state index is -0.0178. The molecule has 0 saturated carbocycles. The highest BCUT2D eigenvalue weighted by Crippen LogP contribution is 2.16. The van der Waals surface area contributed by atoms with Crippen LogP contribution in [0, 0.1) is 0 Å². The SMILES string of the molecule is CCC(=O)N1CCCN(CC(=O)NC(C)c2ccc(Br)cc2)CC1. The molecule has 0 aromatic heterocycles. The monoisotopic (exact) mass is 395 g/mol. The van der Waals surface area contributed by atoms with Crippen molar-refractivity contribution in [2.45, 2.75) is 32.7 Å². The number of carbonyl (C=O) groups excluding carboxylic acids is 2. The number of halogens is 1. The third-order valence-corrected chi connectivity index (χ3v) is 4.89. The number of hydrogen-bond donors (Lipinski definition) is 1. The van der Waals surface area contributed by atoms with Crippen LogP contribution in [0.2, 0.25) is 0 Å². The lowest BCUT2D eigenvalue weighted by Gasteiger charge is -2.22. The van der Waals surface area contributed by atoms with E-state index in [1.807, 2.05) is 43.0 Å². The normalized spacial score (nSPS) is 17.2. The first kappa shape index (κ1) is 18.9. The Labute approximate surface area is 152 Å². The highest BCUT2D eigenvalue weighted by atomic mass is 79.9. The van der Waals surface area contributed by atoms with Crippen LogP contribution in [-0.2, 0) is 9.59 Å². The van der Waals surface area contributed by atoms with Gasteiger partial charge in [0, 0.05) is 37.1 Å². The van der Waals surface area contributed by atoms with Crippen LogP contribution in [0.15, 0.2) is 28.7 Å². The van der Waals surface area contributed by atoms with Crippen molar-refractivity contribution in [3.8, 4) is 0 Å². The van der Waals surface area contributed by atoms with Gasteiger partial charge in [0.1, 0.15) is 0 Å². The average molecular weight is 396 g/mol. The zero-order valence-electron chi connectivity index (χ0n) is 14.4. The van der Waals surface area contributed by atoms with Crippen LogP contribution in [0.25, 0.3) is 0 Å². The van der Waals surface area contributed by atoms with Gasteiger partial charge in [0.25, 0.3) is 0 Å². The average Bonchev–Trinajstić information content (AvgIpc) is 2.80. The minimum Gasteiger partial charge on any atom is -0.348 e. The van der Waals surface area contributed by atoms with Gasteiger partial charge in [0.05, 0.1) is 12.6 Å². The van der Waals surface area contributed by atoms with Crippen molar-refractivity contribution in [2.24, 2.45) is 0 Å². The summed E-state index contributed by atoms with van der Waals surface area (Å²) >= 11 is 3.42. The molecule has 24 heavy (non-hydrogen) atoms. The number of rotatable bonds is 5. The van der Waals surface area contributed by atoms with E-state index in [9.17, 15) is 9.59 Å². The molecule has 1 atom stereocenters. The molecule has 0 spiro atoms. The van der Waals surface area contributed by atoms with E-state index in [0.717, 1.165) is 36.1 Å². The van der Waals surface area contributed by atoms with Gasteiger partial charge in [-0.1, -0.05) is 35.0 Å². The van der Waals surface area contributed by atoms with Gasteiger partial charge >= 0.3 is 0 Å². The number of amides is 2. The summed E-state index contributed by atoms with van der Waals surface area (Å²) in [5.41, 5.74) is 1.09. The largest absolute Gasteiger partial charge is 0.348 e. The molecule has 1 aromatic carbocycles. The van der Waals surface area contributed by atoms with Gasteiger partial charge in [-0.15, -0.1) is 0 Å². The Balaban J connectivity index is 1.81. The Kier molecular flexibility index (Phi) is 7.24. The van der Waals surface area contributed by atoms with Gasteiger partial charge in [-0.05, 0) is 31.0 Å². The maximum atomic E-state index is 12.3. The second-order valence-corrected chi connectivity index (χ2v) is 7.12. The second kappa shape index (κ2) is 9.18. The first-order valence-electron chi connectivity index (χ1n) is 8.54. The van der Waals surface area contributed by atoms with E-state index < -0.39 is 0 Å². The van der Waals surface area contributed by atoms with Gasteiger partial charge in [-0.3, -0.25) is 14.5 Å². The van der Waals surface area contributed by atoms with Crippen molar-refractivity contribution in [1.82, 2.24) is 15.1 Å². The topological polar surface area (TPSA) is 52.7 Å². The number of hydrogen-bond acceptors (Lipinski definition) is 3.